The molecule has 15 heavy (non-hydrogen) atoms. The standard InChI is InChI=1S/C11H23NO2S/c1-9(2)12-10(7-8-15-4)5-6-11(13)14-3/h9-10,12H,5-8H2,1-4H3. The minimum Gasteiger partial charge on any atom is -0.469 e. The highest BCUT2D eigenvalue weighted by molar-refractivity contribution is 7.98. The number of methoxy groups -OCH3 is 1. The molecule has 4 heteroatoms. The van der Waals surface area contributed by atoms with Crippen molar-refractivity contribution in [2.75, 3.05) is 19.1 Å². The van der Waals surface area contributed by atoms with E-state index in [0.29, 0.717) is 18.5 Å². The Morgan fingerprint density at radius 3 is 2.53 bits per heavy atom. The quantitative estimate of drug-likeness (QED) is 0.651. The second kappa shape index (κ2) is 9.04. The molecule has 1 atom stereocenters. The first-order valence-electron chi connectivity index (χ1n) is 5.42. The van der Waals surface area contributed by atoms with Gasteiger partial charge in [-0.2, -0.15) is 11.8 Å². The molecule has 0 fully saturated rings. The van der Waals surface area contributed by atoms with Crippen LogP contribution >= 0.6 is 11.8 Å². The summed E-state index contributed by atoms with van der Waals surface area (Å²) in [5, 5.41) is 3.47. The Balaban J connectivity index is 3.83. The molecule has 1 unspecified atom stereocenters. The molecule has 0 rings (SSSR count). The third kappa shape index (κ3) is 8.75. The second-order valence-electron chi connectivity index (χ2n) is 3.91. The van der Waals surface area contributed by atoms with Crippen LogP contribution in [0.5, 0.6) is 0 Å². The van der Waals surface area contributed by atoms with Crippen LogP contribution in [0, 0.1) is 0 Å². The van der Waals surface area contributed by atoms with E-state index < -0.39 is 0 Å². The van der Waals surface area contributed by atoms with Gasteiger partial charge < -0.3 is 10.1 Å². The summed E-state index contributed by atoms with van der Waals surface area (Å²) in [5.74, 6) is 1.01. The van der Waals surface area contributed by atoms with E-state index >= 15 is 0 Å². The summed E-state index contributed by atoms with van der Waals surface area (Å²) >= 11 is 1.84. The average molecular weight is 233 g/mol. The minimum absolute atomic E-state index is 0.116. The molecule has 0 radical (unpaired) electrons. The number of esters is 1. The maximum absolute atomic E-state index is 11.0. The minimum atomic E-state index is -0.116. The summed E-state index contributed by atoms with van der Waals surface area (Å²) in [5.41, 5.74) is 0. The predicted molar refractivity (Wildman–Crippen MR) is 66.3 cm³/mol. The van der Waals surface area contributed by atoms with Gasteiger partial charge in [-0.25, -0.2) is 0 Å². The smallest absolute Gasteiger partial charge is 0.305 e. The maximum atomic E-state index is 11.0. The topological polar surface area (TPSA) is 38.3 Å². The number of carbonyl (C=O) groups is 1. The lowest BCUT2D eigenvalue weighted by Gasteiger charge is -2.20. The van der Waals surface area contributed by atoms with E-state index in [-0.39, 0.29) is 5.97 Å². The Bertz CT molecular complexity index is 174. The fourth-order valence-electron chi connectivity index (χ4n) is 1.44. The molecule has 0 amide bonds. The van der Waals surface area contributed by atoms with E-state index in [1.165, 1.54) is 7.11 Å². The zero-order valence-corrected chi connectivity index (χ0v) is 11.0. The van der Waals surface area contributed by atoms with Gasteiger partial charge in [-0.1, -0.05) is 13.8 Å². The number of rotatable bonds is 8. The van der Waals surface area contributed by atoms with Crippen LogP contribution in [0.1, 0.15) is 33.1 Å². The molecule has 0 saturated carbocycles. The first-order chi connectivity index (χ1) is 7.10. The Morgan fingerprint density at radius 1 is 1.40 bits per heavy atom. The van der Waals surface area contributed by atoms with Gasteiger partial charge in [0.15, 0.2) is 0 Å². The largest absolute Gasteiger partial charge is 0.469 e. The van der Waals surface area contributed by atoms with Crippen molar-refractivity contribution in [3.63, 3.8) is 0 Å². The van der Waals surface area contributed by atoms with Gasteiger partial charge in [0.1, 0.15) is 0 Å². The highest BCUT2D eigenvalue weighted by Crippen LogP contribution is 2.08. The van der Waals surface area contributed by atoms with Crippen molar-refractivity contribution in [2.45, 2.75) is 45.2 Å². The Morgan fingerprint density at radius 2 is 2.07 bits per heavy atom. The first-order valence-corrected chi connectivity index (χ1v) is 6.81. The monoisotopic (exact) mass is 233 g/mol. The number of ether oxygens (including phenoxy) is 1. The molecule has 0 saturated heterocycles. The third-order valence-corrected chi connectivity index (χ3v) is 2.81. The van der Waals surface area contributed by atoms with E-state index in [1.54, 1.807) is 0 Å². The van der Waals surface area contributed by atoms with E-state index in [1.807, 2.05) is 11.8 Å². The van der Waals surface area contributed by atoms with Gasteiger partial charge >= 0.3 is 5.97 Å². The van der Waals surface area contributed by atoms with E-state index in [2.05, 4.69) is 30.2 Å². The maximum Gasteiger partial charge on any atom is 0.305 e. The predicted octanol–water partition coefficient (Wildman–Crippen LogP) is 2.06. The van der Waals surface area contributed by atoms with Gasteiger partial charge in [-0.05, 0) is 24.9 Å². The molecule has 1 N–H and O–H groups in total. The van der Waals surface area contributed by atoms with Crippen LogP contribution < -0.4 is 5.32 Å². The van der Waals surface area contributed by atoms with E-state index in [0.717, 1.165) is 18.6 Å². The molecule has 0 aliphatic heterocycles. The second-order valence-corrected chi connectivity index (χ2v) is 4.90. The fraction of sp³-hybridized carbons (Fsp3) is 0.909. The van der Waals surface area contributed by atoms with E-state index in [9.17, 15) is 4.79 Å². The number of nitrogens with one attached hydrogen (secondary N) is 1. The SMILES string of the molecule is COC(=O)CCC(CCSC)NC(C)C. The number of hydrogen-bond donors (Lipinski definition) is 1. The highest BCUT2D eigenvalue weighted by Gasteiger charge is 2.11. The van der Waals surface area contributed by atoms with Gasteiger partial charge in [-0.3, -0.25) is 4.79 Å². The molecule has 0 aliphatic rings. The van der Waals surface area contributed by atoms with Crippen molar-refractivity contribution in [1.82, 2.24) is 5.32 Å². The summed E-state index contributed by atoms with van der Waals surface area (Å²) in [6.45, 7) is 4.26. The van der Waals surface area contributed by atoms with Gasteiger partial charge in [0.05, 0.1) is 7.11 Å². The van der Waals surface area contributed by atoms with Crippen molar-refractivity contribution in [3.8, 4) is 0 Å². The summed E-state index contributed by atoms with van der Waals surface area (Å²) in [4.78, 5) is 11.0. The van der Waals surface area contributed by atoms with Gasteiger partial charge in [0.2, 0.25) is 0 Å². The third-order valence-electron chi connectivity index (χ3n) is 2.16. The normalized spacial score (nSPS) is 12.9. The summed E-state index contributed by atoms with van der Waals surface area (Å²) in [7, 11) is 1.44. The molecule has 0 aromatic heterocycles. The van der Waals surface area contributed by atoms with Crippen molar-refractivity contribution in [1.29, 1.82) is 0 Å². The van der Waals surface area contributed by atoms with Crippen molar-refractivity contribution >= 4 is 17.7 Å². The number of thioether (sulfide) groups is 1. The average Bonchev–Trinajstić information content (AvgIpc) is 2.20. The highest BCUT2D eigenvalue weighted by atomic mass is 32.2. The lowest BCUT2D eigenvalue weighted by Crippen LogP contribution is -2.35. The fourth-order valence-corrected chi connectivity index (χ4v) is 1.96. The zero-order chi connectivity index (χ0) is 11.7. The van der Waals surface area contributed by atoms with Crippen LogP contribution in [-0.2, 0) is 9.53 Å². The van der Waals surface area contributed by atoms with Crippen molar-refractivity contribution < 1.29 is 9.53 Å². The molecule has 0 aliphatic carbocycles. The van der Waals surface area contributed by atoms with Gasteiger partial charge in [-0.15, -0.1) is 0 Å². The van der Waals surface area contributed by atoms with Crippen LogP contribution in [0.4, 0.5) is 0 Å². The van der Waals surface area contributed by atoms with Crippen LogP contribution in [-0.4, -0.2) is 37.2 Å². The molecule has 0 aromatic rings. The Kier molecular flexibility index (Phi) is 8.91. The molecule has 3 nitrogen and oxygen atoms in total. The zero-order valence-electron chi connectivity index (χ0n) is 10.2. The van der Waals surface area contributed by atoms with Crippen LogP contribution in [0.3, 0.4) is 0 Å². The molecular formula is C11H23NO2S. The van der Waals surface area contributed by atoms with Crippen LogP contribution in [0.25, 0.3) is 0 Å². The molecule has 0 bridgehead atoms. The summed E-state index contributed by atoms with van der Waals surface area (Å²) < 4.78 is 4.64. The Hall–Kier alpha value is -0.220. The molecule has 0 aromatic carbocycles. The first kappa shape index (κ1) is 14.8. The van der Waals surface area contributed by atoms with Crippen molar-refractivity contribution in [2.24, 2.45) is 0 Å². The summed E-state index contributed by atoms with van der Waals surface area (Å²) in [6.07, 6.45) is 4.59. The number of carbonyl (C=O) groups excluding carboxylic acids is 1. The molecule has 0 heterocycles. The van der Waals surface area contributed by atoms with Gasteiger partial charge in [0.25, 0.3) is 0 Å². The lowest BCUT2D eigenvalue weighted by atomic mass is 10.1. The van der Waals surface area contributed by atoms with Crippen LogP contribution in [0.2, 0.25) is 0 Å². The van der Waals surface area contributed by atoms with Crippen molar-refractivity contribution in [3.05, 3.63) is 0 Å². The number of hydrogen-bond acceptors (Lipinski definition) is 4. The van der Waals surface area contributed by atoms with E-state index in [4.69, 9.17) is 0 Å². The molecule has 90 valence electrons. The Labute approximate surface area is 97.3 Å². The van der Waals surface area contributed by atoms with Gasteiger partial charge in [0, 0.05) is 18.5 Å². The molecule has 0 spiro atoms. The molecular weight excluding hydrogens is 210 g/mol. The lowest BCUT2D eigenvalue weighted by molar-refractivity contribution is -0.140. The van der Waals surface area contributed by atoms with Crippen LogP contribution in [0.15, 0.2) is 0 Å². The summed E-state index contributed by atoms with van der Waals surface area (Å²) in [6, 6.07) is 0.894.